The van der Waals surface area contributed by atoms with E-state index in [-0.39, 0.29) is 17.4 Å². The van der Waals surface area contributed by atoms with Crippen LogP contribution in [0, 0.1) is 0 Å². The van der Waals surface area contributed by atoms with Crippen LogP contribution in [0.15, 0.2) is 46.7 Å². The molecule has 1 amide bonds. The Morgan fingerprint density at radius 3 is 2.59 bits per heavy atom. The summed E-state index contributed by atoms with van der Waals surface area (Å²) in [4.78, 5) is 12.3. The minimum atomic E-state index is -3.79. The number of hydrogen-bond donors (Lipinski definition) is 1. The predicted octanol–water partition coefficient (Wildman–Crippen LogP) is 2.93. The molecule has 8 heteroatoms. The zero-order chi connectivity index (χ0) is 16.0. The van der Waals surface area contributed by atoms with Gasteiger partial charge < -0.3 is 5.32 Å². The van der Waals surface area contributed by atoms with E-state index < -0.39 is 10.1 Å². The molecule has 0 radical (unpaired) electrons. The first-order chi connectivity index (χ1) is 10.5. The molecule has 0 spiro atoms. The summed E-state index contributed by atoms with van der Waals surface area (Å²) >= 11 is 7.05. The SMILES string of the molecule is O=C(NCCCOS(=O)(=O)c1ccc(Cl)cc1)c1cccs1. The van der Waals surface area contributed by atoms with Crippen molar-refractivity contribution >= 4 is 39.0 Å². The minimum absolute atomic E-state index is 0.00429. The standard InChI is InChI=1S/C14H14ClNO4S2/c15-11-4-6-12(7-5-11)22(18,19)20-9-2-8-16-14(17)13-3-1-10-21-13/h1,3-7,10H,2,8-9H2,(H,16,17). The second-order valence-electron chi connectivity index (χ2n) is 4.32. The quantitative estimate of drug-likeness (QED) is 0.609. The molecule has 5 nitrogen and oxygen atoms in total. The Kier molecular flexibility index (Phi) is 5.96. The third kappa shape index (κ3) is 4.81. The predicted molar refractivity (Wildman–Crippen MR) is 85.9 cm³/mol. The fourth-order valence-corrected chi connectivity index (χ4v) is 3.32. The molecule has 1 aromatic carbocycles. The molecule has 1 heterocycles. The van der Waals surface area contributed by atoms with Crippen LogP contribution in [0.1, 0.15) is 16.1 Å². The molecule has 0 aliphatic heterocycles. The van der Waals surface area contributed by atoms with Crippen LogP contribution >= 0.6 is 22.9 Å². The summed E-state index contributed by atoms with van der Waals surface area (Å²) < 4.78 is 28.7. The zero-order valence-electron chi connectivity index (χ0n) is 11.5. The molecule has 1 N–H and O–H groups in total. The maximum Gasteiger partial charge on any atom is 0.296 e. The van der Waals surface area contributed by atoms with Gasteiger partial charge in [-0.05, 0) is 42.1 Å². The van der Waals surface area contributed by atoms with Crippen molar-refractivity contribution in [1.82, 2.24) is 5.32 Å². The van der Waals surface area contributed by atoms with Gasteiger partial charge in [-0.25, -0.2) is 0 Å². The van der Waals surface area contributed by atoms with Gasteiger partial charge in [0.25, 0.3) is 16.0 Å². The third-order valence-corrected chi connectivity index (χ3v) is 5.14. The highest BCUT2D eigenvalue weighted by Gasteiger charge is 2.14. The van der Waals surface area contributed by atoms with Gasteiger partial charge in [-0.15, -0.1) is 11.3 Å². The van der Waals surface area contributed by atoms with Crippen molar-refractivity contribution in [3.63, 3.8) is 0 Å². The van der Waals surface area contributed by atoms with Crippen molar-refractivity contribution in [3.8, 4) is 0 Å². The van der Waals surface area contributed by atoms with Crippen LogP contribution in [0.5, 0.6) is 0 Å². The number of carbonyl (C=O) groups is 1. The number of carbonyl (C=O) groups excluding carboxylic acids is 1. The summed E-state index contributed by atoms with van der Waals surface area (Å²) in [7, 11) is -3.79. The number of benzene rings is 1. The van der Waals surface area contributed by atoms with Crippen molar-refractivity contribution < 1.29 is 17.4 Å². The Hall–Kier alpha value is -1.41. The van der Waals surface area contributed by atoms with Gasteiger partial charge in [-0.3, -0.25) is 8.98 Å². The smallest absolute Gasteiger partial charge is 0.296 e. The van der Waals surface area contributed by atoms with E-state index in [1.807, 2.05) is 5.38 Å². The lowest BCUT2D eigenvalue weighted by atomic mass is 10.4. The molecule has 0 unspecified atom stereocenters. The van der Waals surface area contributed by atoms with E-state index in [0.29, 0.717) is 22.9 Å². The fourth-order valence-electron chi connectivity index (χ4n) is 1.61. The number of rotatable bonds is 7. The van der Waals surface area contributed by atoms with Gasteiger partial charge in [0.05, 0.1) is 16.4 Å². The average molecular weight is 360 g/mol. The maximum atomic E-state index is 11.9. The van der Waals surface area contributed by atoms with E-state index in [1.54, 1.807) is 12.1 Å². The van der Waals surface area contributed by atoms with Gasteiger partial charge in [0.15, 0.2) is 0 Å². The Morgan fingerprint density at radius 1 is 1.23 bits per heavy atom. The molecular formula is C14H14ClNO4S2. The molecule has 0 aliphatic carbocycles. The van der Waals surface area contributed by atoms with Crippen LogP contribution in [0.25, 0.3) is 0 Å². The topological polar surface area (TPSA) is 72.5 Å². The van der Waals surface area contributed by atoms with Gasteiger partial charge in [0.1, 0.15) is 0 Å². The number of amides is 1. The van der Waals surface area contributed by atoms with Crippen molar-refractivity contribution in [3.05, 3.63) is 51.7 Å². The van der Waals surface area contributed by atoms with Crippen LogP contribution in [-0.4, -0.2) is 27.5 Å². The molecule has 22 heavy (non-hydrogen) atoms. The van der Waals surface area contributed by atoms with Gasteiger partial charge in [0, 0.05) is 11.6 Å². The van der Waals surface area contributed by atoms with Crippen LogP contribution in [0.2, 0.25) is 5.02 Å². The van der Waals surface area contributed by atoms with E-state index in [1.165, 1.54) is 35.6 Å². The van der Waals surface area contributed by atoms with E-state index >= 15 is 0 Å². The van der Waals surface area contributed by atoms with Crippen molar-refractivity contribution in [2.24, 2.45) is 0 Å². The van der Waals surface area contributed by atoms with Gasteiger partial charge >= 0.3 is 0 Å². The molecule has 2 rings (SSSR count). The third-order valence-electron chi connectivity index (χ3n) is 2.69. The summed E-state index contributed by atoms with van der Waals surface area (Å²) in [6.07, 6.45) is 0.393. The van der Waals surface area contributed by atoms with Gasteiger partial charge in [0.2, 0.25) is 0 Å². The number of hydrogen-bond acceptors (Lipinski definition) is 5. The first-order valence-corrected chi connectivity index (χ1v) is 9.12. The highest BCUT2D eigenvalue weighted by molar-refractivity contribution is 7.86. The largest absolute Gasteiger partial charge is 0.351 e. The summed E-state index contributed by atoms with van der Waals surface area (Å²) in [5, 5.41) is 4.97. The molecule has 0 bridgehead atoms. The fraction of sp³-hybridized carbons (Fsp3) is 0.214. The lowest BCUT2D eigenvalue weighted by Crippen LogP contribution is -2.24. The first-order valence-electron chi connectivity index (χ1n) is 6.46. The lowest BCUT2D eigenvalue weighted by molar-refractivity contribution is 0.0956. The molecule has 0 atom stereocenters. The van der Waals surface area contributed by atoms with Crippen molar-refractivity contribution in [1.29, 1.82) is 0 Å². The van der Waals surface area contributed by atoms with E-state index in [4.69, 9.17) is 15.8 Å². The highest BCUT2D eigenvalue weighted by atomic mass is 35.5. The zero-order valence-corrected chi connectivity index (χ0v) is 13.9. The van der Waals surface area contributed by atoms with Crippen LogP contribution < -0.4 is 5.32 Å². The number of thiophene rings is 1. The molecule has 0 saturated heterocycles. The Morgan fingerprint density at radius 2 is 1.95 bits per heavy atom. The van der Waals surface area contributed by atoms with Crippen LogP contribution in [0.3, 0.4) is 0 Å². The van der Waals surface area contributed by atoms with E-state index in [2.05, 4.69) is 5.32 Å². The highest BCUT2D eigenvalue weighted by Crippen LogP contribution is 2.16. The summed E-state index contributed by atoms with van der Waals surface area (Å²) in [5.41, 5.74) is 0. The van der Waals surface area contributed by atoms with E-state index in [9.17, 15) is 13.2 Å². The molecule has 0 fully saturated rings. The summed E-state index contributed by atoms with van der Waals surface area (Å²) in [6.45, 7) is 0.336. The summed E-state index contributed by atoms with van der Waals surface area (Å²) in [6, 6.07) is 9.26. The number of nitrogens with one attached hydrogen (secondary N) is 1. The molecule has 118 valence electrons. The molecule has 0 saturated carbocycles. The summed E-state index contributed by atoms with van der Waals surface area (Å²) in [5.74, 6) is -0.171. The Bertz CT molecular complexity index is 712. The number of halogens is 1. The second kappa shape index (κ2) is 7.73. The second-order valence-corrected chi connectivity index (χ2v) is 7.32. The molecule has 2 aromatic rings. The van der Waals surface area contributed by atoms with Crippen molar-refractivity contribution in [2.75, 3.05) is 13.2 Å². The Labute approximate surface area is 138 Å². The van der Waals surface area contributed by atoms with Gasteiger partial charge in [-0.2, -0.15) is 8.42 Å². The lowest BCUT2D eigenvalue weighted by Gasteiger charge is -2.06. The van der Waals surface area contributed by atoms with Crippen molar-refractivity contribution in [2.45, 2.75) is 11.3 Å². The van der Waals surface area contributed by atoms with Gasteiger partial charge in [-0.1, -0.05) is 17.7 Å². The average Bonchev–Trinajstić information content (AvgIpc) is 3.01. The first kappa shape index (κ1) is 17.0. The van der Waals surface area contributed by atoms with E-state index in [0.717, 1.165) is 0 Å². The molecule has 1 aromatic heterocycles. The normalized spacial score (nSPS) is 11.3. The molecule has 0 aliphatic rings. The molecular weight excluding hydrogens is 346 g/mol. The van der Waals surface area contributed by atoms with Crippen LogP contribution in [0.4, 0.5) is 0 Å². The minimum Gasteiger partial charge on any atom is -0.351 e. The van der Waals surface area contributed by atoms with Crippen LogP contribution in [-0.2, 0) is 14.3 Å². The Balaban J connectivity index is 1.74. The monoisotopic (exact) mass is 359 g/mol. The maximum absolute atomic E-state index is 11.9.